The van der Waals surface area contributed by atoms with E-state index in [0.29, 0.717) is 17.6 Å². The molecule has 2 aliphatic heterocycles. The Hall–Kier alpha value is -1.82. The SMILES string of the molecule is C=C(c1ccc([N+](=O)[O-])o1)N1CC2CNCC2C1. The molecule has 2 atom stereocenters. The molecule has 3 heterocycles. The molecule has 0 bridgehead atoms. The minimum atomic E-state index is -0.528. The molecule has 96 valence electrons. The smallest absolute Gasteiger partial charge is 0.399 e. The Bertz CT molecular complexity index is 485. The molecule has 6 heteroatoms. The van der Waals surface area contributed by atoms with Crippen molar-refractivity contribution in [1.29, 1.82) is 0 Å². The lowest BCUT2D eigenvalue weighted by Crippen LogP contribution is -2.24. The average Bonchev–Trinajstić information content (AvgIpc) is 3.02. The van der Waals surface area contributed by atoms with Crippen LogP contribution in [0.4, 0.5) is 5.88 Å². The van der Waals surface area contributed by atoms with E-state index in [0.717, 1.165) is 31.9 Å². The van der Waals surface area contributed by atoms with Gasteiger partial charge >= 0.3 is 5.88 Å². The number of nitrogens with zero attached hydrogens (tertiary/aromatic N) is 2. The molecule has 0 amide bonds. The first kappa shape index (κ1) is 11.3. The maximum Gasteiger partial charge on any atom is 0.433 e. The topological polar surface area (TPSA) is 71.5 Å². The first-order chi connectivity index (χ1) is 8.65. The average molecular weight is 249 g/mol. The van der Waals surface area contributed by atoms with Crippen LogP contribution in [-0.4, -0.2) is 36.0 Å². The number of hydrogen-bond donors (Lipinski definition) is 1. The second kappa shape index (κ2) is 4.13. The fraction of sp³-hybridized carbons (Fsp3) is 0.500. The summed E-state index contributed by atoms with van der Waals surface area (Å²) < 4.78 is 5.19. The molecule has 2 saturated heterocycles. The third-order valence-corrected chi connectivity index (χ3v) is 3.83. The number of hydrogen-bond acceptors (Lipinski definition) is 5. The highest BCUT2D eigenvalue weighted by Crippen LogP contribution is 2.32. The number of likely N-dealkylation sites (tertiary alicyclic amines) is 1. The van der Waals surface area contributed by atoms with Gasteiger partial charge in [0, 0.05) is 26.2 Å². The van der Waals surface area contributed by atoms with E-state index in [2.05, 4.69) is 16.8 Å². The van der Waals surface area contributed by atoms with Crippen molar-refractivity contribution in [3.8, 4) is 0 Å². The molecule has 2 aliphatic rings. The van der Waals surface area contributed by atoms with Gasteiger partial charge < -0.3 is 14.6 Å². The van der Waals surface area contributed by atoms with Gasteiger partial charge in [0.25, 0.3) is 0 Å². The van der Waals surface area contributed by atoms with E-state index in [9.17, 15) is 10.1 Å². The van der Waals surface area contributed by atoms with Crippen LogP contribution in [0.25, 0.3) is 5.70 Å². The standard InChI is InChI=1S/C12H15N3O3/c1-8(11-2-3-12(18-11)15(16)17)14-6-9-4-13-5-10(9)7-14/h2-3,9-10,13H,1,4-7H2. The molecule has 2 unspecified atom stereocenters. The quantitative estimate of drug-likeness (QED) is 0.646. The normalized spacial score (nSPS) is 26.3. The number of fused-ring (bicyclic) bond motifs is 1. The lowest BCUT2D eigenvalue weighted by atomic mass is 10.0. The van der Waals surface area contributed by atoms with Gasteiger partial charge in [0.15, 0.2) is 5.76 Å². The molecule has 3 rings (SSSR count). The number of nitrogens with one attached hydrogen (secondary N) is 1. The molecule has 1 aromatic heterocycles. The van der Waals surface area contributed by atoms with Crippen molar-refractivity contribution < 1.29 is 9.34 Å². The molecule has 18 heavy (non-hydrogen) atoms. The predicted molar refractivity (Wildman–Crippen MR) is 65.8 cm³/mol. The van der Waals surface area contributed by atoms with Crippen LogP contribution < -0.4 is 5.32 Å². The summed E-state index contributed by atoms with van der Waals surface area (Å²) in [6, 6.07) is 2.99. The number of rotatable bonds is 3. The summed E-state index contributed by atoms with van der Waals surface area (Å²) in [5.74, 6) is 1.58. The summed E-state index contributed by atoms with van der Waals surface area (Å²) in [4.78, 5) is 12.2. The van der Waals surface area contributed by atoms with Crippen LogP contribution in [0.15, 0.2) is 23.1 Å². The van der Waals surface area contributed by atoms with Crippen LogP contribution in [0.1, 0.15) is 5.76 Å². The van der Waals surface area contributed by atoms with Gasteiger partial charge in [-0.05, 0) is 17.9 Å². The van der Waals surface area contributed by atoms with E-state index in [1.807, 2.05) is 0 Å². The van der Waals surface area contributed by atoms with Crippen molar-refractivity contribution in [3.63, 3.8) is 0 Å². The minimum Gasteiger partial charge on any atom is -0.399 e. The summed E-state index contributed by atoms with van der Waals surface area (Å²) in [5, 5.41) is 14.0. The fourth-order valence-corrected chi connectivity index (χ4v) is 2.81. The maximum absolute atomic E-state index is 10.6. The van der Waals surface area contributed by atoms with Gasteiger partial charge in [-0.3, -0.25) is 10.1 Å². The molecule has 0 saturated carbocycles. The summed E-state index contributed by atoms with van der Waals surface area (Å²) in [6.45, 7) is 7.99. The molecule has 6 nitrogen and oxygen atoms in total. The first-order valence-electron chi connectivity index (χ1n) is 6.04. The maximum atomic E-state index is 10.6. The monoisotopic (exact) mass is 249 g/mol. The summed E-state index contributed by atoms with van der Waals surface area (Å²) in [5.41, 5.74) is 0.748. The second-order valence-corrected chi connectivity index (χ2v) is 4.93. The lowest BCUT2D eigenvalue weighted by molar-refractivity contribution is -0.402. The van der Waals surface area contributed by atoms with Crippen molar-refractivity contribution in [3.05, 3.63) is 34.6 Å². The van der Waals surface area contributed by atoms with Crippen LogP contribution in [0.3, 0.4) is 0 Å². The van der Waals surface area contributed by atoms with Crippen molar-refractivity contribution in [1.82, 2.24) is 10.2 Å². The van der Waals surface area contributed by atoms with E-state index in [1.165, 1.54) is 6.07 Å². The van der Waals surface area contributed by atoms with Crippen molar-refractivity contribution >= 4 is 11.6 Å². The van der Waals surface area contributed by atoms with E-state index in [4.69, 9.17) is 4.42 Å². The molecule has 1 N–H and O–H groups in total. The van der Waals surface area contributed by atoms with Crippen LogP contribution in [-0.2, 0) is 0 Å². The van der Waals surface area contributed by atoms with Gasteiger partial charge in [-0.25, -0.2) is 0 Å². The van der Waals surface area contributed by atoms with Crippen molar-refractivity contribution in [2.45, 2.75) is 0 Å². The first-order valence-corrected chi connectivity index (χ1v) is 6.04. The molecule has 0 aliphatic carbocycles. The molecular weight excluding hydrogens is 234 g/mol. The minimum absolute atomic E-state index is 0.229. The van der Waals surface area contributed by atoms with Crippen LogP contribution in [0.2, 0.25) is 0 Å². The van der Waals surface area contributed by atoms with Gasteiger partial charge in [-0.15, -0.1) is 0 Å². The fourth-order valence-electron chi connectivity index (χ4n) is 2.81. The lowest BCUT2D eigenvalue weighted by Gasteiger charge is -2.20. The summed E-state index contributed by atoms with van der Waals surface area (Å²) in [6.07, 6.45) is 0. The van der Waals surface area contributed by atoms with Crippen molar-refractivity contribution in [2.24, 2.45) is 11.8 Å². The third kappa shape index (κ3) is 1.78. The Morgan fingerprint density at radius 3 is 2.67 bits per heavy atom. The van der Waals surface area contributed by atoms with Crippen LogP contribution in [0, 0.1) is 22.0 Å². The van der Waals surface area contributed by atoms with Gasteiger partial charge in [0.2, 0.25) is 0 Å². The number of furan rings is 1. The summed E-state index contributed by atoms with van der Waals surface area (Å²) in [7, 11) is 0. The largest absolute Gasteiger partial charge is 0.433 e. The van der Waals surface area contributed by atoms with Gasteiger partial charge in [0.1, 0.15) is 4.92 Å². The van der Waals surface area contributed by atoms with Crippen LogP contribution >= 0.6 is 0 Å². The van der Waals surface area contributed by atoms with Crippen LogP contribution in [0.5, 0.6) is 0 Å². The Balaban J connectivity index is 1.72. The Labute approximate surface area is 104 Å². The van der Waals surface area contributed by atoms with Gasteiger partial charge in [0.05, 0.1) is 11.8 Å². The molecule has 0 spiro atoms. The molecular formula is C12H15N3O3. The Morgan fingerprint density at radius 1 is 1.44 bits per heavy atom. The van der Waals surface area contributed by atoms with Gasteiger partial charge in [-0.1, -0.05) is 6.58 Å². The van der Waals surface area contributed by atoms with Gasteiger partial charge in [-0.2, -0.15) is 0 Å². The Morgan fingerprint density at radius 2 is 2.11 bits per heavy atom. The van der Waals surface area contributed by atoms with E-state index in [1.54, 1.807) is 6.07 Å². The zero-order valence-corrected chi connectivity index (χ0v) is 9.96. The summed E-state index contributed by atoms with van der Waals surface area (Å²) >= 11 is 0. The predicted octanol–water partition coefficient (Wildman–Crippen LogP) is 1.31. The van der Waals surface area contributed by atoms with E-state index >= 15 is 0 Å². The van der Waals surface area contributed by atoms with E-state index < -0.39 is 4.92 Å². The van der Waals surface area contributed by atoms with E-state index in [-0.39, 0.29) is 5.88 Å². The highest BCUT2D eigenvalue weighted by molar-refractivity contribution is 5.58. The zero-order valence-electron chi connectivity index (χ0n) is 9.96. The highest BCUT2D eigenvalue weighted by atomic mass is 16.6. The highest BCUT2D eigenvalue weighted by Gasteiger charge is 2.37. The molecule has 0 aromatic carbocycles. The molecule has 0 radical (unpaired) electrons. The molecule has 1 aromatic rings. The zero-order chi connectivity index (χ0) is 12.7. The van der Waals surface area contributed by atoms with Crippen molar-refractivity contribution in [2.75, 3.05) is 26.2 Å². The Kier molecular flexibility index (Phi) is 2.59. The molecule has 2 fully saturated rings. The second-order valence-electron chi connectivity index (χ2n) is 4.93. The third-order valence-electron chi connectivity index (χ3n) is 3.83. The number of nitro groups is 1.